The molecule has 0 saturated carbocycles. The molecule has 3 aromatic rings. The molecule has 1 heterocycles. The van der Waals surface area contributed by atoms with E-state index in [2.05, 4.69) is 11.4 Å². The Hall–Kier alpha value is -3.90. The predicted molar refractivity (Wildman–Crippen MR) is 135 cm³/mol. The van der Waals surface area contributed by atoms with Crippen LogP contribution in [0.15, 0.2) is 78.6 Å². The molecule has 34 heavy (non-hydrogen) atoms. The summed E-state index contributed by atoms with van der Waals surface area (Å²) in [6.45, 7) is 3.84. The molecule has 0 saturated heterocycles. The number of benzene rings is 3. The molecule has 174 valence electrons. The average molecular weight is 456 g/mol. The molecule has 0 aliphatic carbocycles. The summed E-state index contributed by atoms with van der Waals surface area (Å²) in [7, 11) is 3.92. The van der Waals surface area contributed by atoms with Gasteiger partial charge in [-0.15, -0.1) is 0 Å². The van der Waals surface area contributed by atoms with Crippen LogP contribution in [0, 0.1) is 6.92 Å². The van der Waals surface area contributed by atoms with Crippen molar-refractivity contribution in [1.82, 2.24) is 10.2 Å². The highest BCUT2D eigenvalue weighted by atomic mass is 16.5. The molecule has 0 aromatic heterocycles. The molecule has 0 atom stereocenters. The number of amides is 2. The second kappa shape index (κ2) is 10.4. The Labute approximate surface area is 200 Å². The topological polar surface area (TPSA) is 61.9 Å². The molecular weight excluding hydrogens is 426 g/mol. The van der Waals surface area contributed by atoms with E-state index in [9.17, 15) is 9.59 Å². The Morgan fingerprint density at radius 1 is 1.03 bits per heavy atom. The van der Waals surface area contributed by atoms with Gasteiger partial charge in [0.25, 0.3) is 11.8 Å². The van der Waals surface area contributed by atoms with Crippen molar-refractivity contribution in [2.45, 2.75) is 13.5 Å². The molecule has 0 bridgehead atoms. The molecule has 6 nitrogen and oxygen atoms in total. The molecule has 1 N–H and O–H groups in total. The minimum absolute atomic E-state index is 0.121. The van der Waals surface area contributed by atoms with Crippen molar-refractivity contribution in [1.29, 1.82) is 0 Å². The molecule has 2 amide bonds. The standard InChI is InChI=1S/C28H29N3O3/c1-20-7-6-8-22(17-20)19-31-24-9-4-5-10-25(24)34-26(28(31)33)18-21-11-13-23(14-12-21)27(32)29-15-16-30(2)3/h4-14,17-18H,15-16,19H2,1-3H3,(H,29,32)/b26-18+. The van der Waals surface area contributed by atoms with Gasteiger partial charge in [0.1, 0.15) is 0 Å². The van der Waals surface area contributed by atoms with Crippen LogP contribution >= 0.6 is 0 Å². The molecule has 0 fully saturated rings. The first-order valence-electron chi connectivity index (χ1n) is 11.3. The number of anilines is 1. The van der Waals surface area contributed by atoms with E-state index in [1.807, 2.05) is 80.5 Å². The molecule has 0 spiro atoms. The number of hydrogen-bond acceptors (Lipinski definition) is 4. The van der Waals surface area contributed by atoms with E-state index in [0.29, 0.717) is 24.4 Å². The fourth-order valence-corrected chi connectivity index (χ4v) is 3.79. The van der Waals surface area contributed by atoms with E-state index in [0.717, 1.165) is 28.9 Å². The smallest absolute Gasteiger partial charge is 0.294 e. The summed E-state index contributed by atoms with van der Waals surface area (Å²) in [6, 6.07) is 22.8. The summed E-state index contributed by atoms with van der Waals surface area (Å²) in [5.41, 5.74) is 4.30. The zero-order valence-electron chi connectivity index (χ0n) is 19.7. The molecule has 6 heteroatoms. The van der Waals surface area contributed by atoms with Crippen LogP contribution in [0.1, 0.15) is 27.0 Å². The first-order chi connectivity index (χ1) is 16.4. The minimum atomic E-state index is -0.203. The van der Waals surface area contributed by atoms with Crippen LogP contribution < -0.4 is 15.0 Å². The first kappa shape index (κ1) is 23.3. The van der Waals surface area contributed by atoms with Crippen LogP contribution in [0.2, 0.25) is 0 Å². The maximum absolute atomic E-state index is 13.4. The van der Waals surface area contributed by atoms with Gasteiger partial charge in [-0.05, 0) is 62.5 Å². The van der Waals surface area contributed by atoms with Gasteiger partial charge in [-0.25, -0.2) is 0 Å². The van der Waals surface area contributed by atoms with Crippen LogP contribution in [0.3, 0.4) is 0 Å². The predicted octanol–water partition coefficient (Wildman–Crippen LogP) is 4.25. The van der Waals surface area contributed by atoms with E-state index in [1.165, 1.54) is 0 Å². The molecule has 3 aromatic carbocycles. The Morgan fingerprint density at radius 2 is 1.79 bits per heavy atom. The normalized spacial score (nSPS) is 14.2. The third-order valence-electron chi connectivity index (χ3n) is 5.57. The largest absolute Gasteiger partial charge is 0.449 e. The zero-order chi connectivity index (χ0) is 24.1. The van der Waals surface area contributed by atoms with E-state index in [4.69, 9.17) is 4.74 Å². The Bertz CT molecular complexity index is 1220. The van der Waals surface area contributed by atoms with Crippen molar-refractivity contribution in [3.05, 3.63) is 101 Å². The number of nitrogens with one attached hydrogen (secondary N) is 1. The van der Waals surface area contributed by atoms with Crippen molar-refractivity contribution in [2.75, 3.05) is 32.1 Å². The lowest BCUT2D eigenvalue weighted by molar-refractivity contribution is -0.117. The Morgan fingerprint density at radius 3 is 2.53 bits per heavy atom. The van der Waals surface area contributed by atoms with Crippen LogP contribution in [-0.2, 0) is 11.3 Å². The van der Waals surface area contributed by atoms with Crippen LogP contribution in [-0.4, -0.2) is 43.9 Å². The van der Waals surface area contributed by atoms with E-state index in [1.54, 1.807) is 23.1 Å². The summed E-state index contributed by atoms with van der Waals surface area (Å²) in [5.74, 6) is 0.558. The van der Waals surface area contributed by atoms with Crippen LogP contribution in [0.4, 0.5) is 5.69 Å². The van der Waals surface area contributed by atoms with E-state index < -0.39 is 0 Å². The van der Waals surface area contributed by atoms with Gasteiger partial charge in [-0.1, -0.05) is 54.1 Å². The minimum Gasteiger partial charge on any atom is -0.449 e. The Balaban J connectivity index is 1.55. The van der Waals surface area contributed by atoms with E-state index in [-0.39, 0.29) is 17.6 Å². The molecule has 1 aliphatic heterocycles. The molecular formula is C28H29N3O3. The number of para-hydroxylation sites is 2. The third kappa shape index (κ3) is 5.53. The molecule has 0 unspecified atom stereocenters. The fraction of sp³-hybridized carbons (Fsp3) is 0.214. The quantitative estimate of drug-likeness (QED) is 0.541. The zero-order valence-corrected chi connectivity index (χ0v) is 19.7. The second-order valence-corrected chi connectivity index (χ2v) is 8.64. The van der Waals surface area contributed by atoms with Gasteiger partial charge in [0.2, 0.25) is 0 Å². The van der Waals surface area contributed by atoms with Gasteiger partial charge in [0, 0.05) is 18.7 Å². The highest BCUT2D eigenvalue weighted by Crippen LogP contribution is 2.36. The number of hydrogen-bond donors (Lipinski definition) is 1. The molecule has 0 radical (unpaired) electrons. The average Bonchev–Trinajstić information content (AvgIpc) is 2.82. The van der Waals surface area contributed by atoms with Crippen molar-refractivity contribution in [2.24, 2.45) is 0 Å². The highest BCUT2D eigenvalue weighted by molar-refractivity contribution is 6.09. The lowest BCUT2D eigenvalue weighted by Gasteiger charge is -2.30. The van der Waals surface area contributed by atoms with Gasteiger partial charge in [-0.2, -0.15) is 0 Å². The van der Waals surface area contributed by atoms with Crippen LogP contribution in [0.25, 0.3) is 6.08 Å². The van der Waals surface area contributed by atoms with Crippen molar-refractivity contribution >= 4 is 23.6 Å². The van der Waals surface area contributed by atoms with Crippen molar-refractivity contribution in [3.63, 3.8) is 0 Å². The summed E-state index contributed by atoms with van der Waals surface area (Å²) in [5, 5.41) is 2.90. The number of carbonyl (C=O) groups excluding carboxylic acids is 2. The lowest BCUT2D eigenvalue weighted by atomic mass is 10.1. The van der Waals surface area contributed by atoms with Gasteiger partial charge >= 0.3 is 0 Å². The van der Waals surface area contributed by atoms with Crippen molar-refractivity contribution in [3.8, 4) is 5.75 Å². The van der Waals surface area contributed by atoms with Gasteiger partial charge < -0.3 is 15.0 Å². The molecule has 4 rings (SSSR count). The SMILES string of the molecule is Cc1cccc(CN2C(=O)/C(=C\c3ccc(C(=O)NCCN(C)C)cc3)Oc3ccccc32)c1. The molecule has 1 aliphatic rings. The number of carbonyl (C=O) groups is 2. The summed E-state index contributed by atoms with van der Waals surface area (Å²) in [6.07, 6.45) is 1.72. The van der Waals surface area contributed by atoms with E-state index >= 15 is 0 Å². The maximum atomic E-state index is 13.4. The first-order valence-corrected chi connectivity index (χ1v) is 11.3. The number of rotatable bonds is 7. The van der Waals surface area contributed by atoms with Gasteiger partial charge in [0.05, 0.1) is 12.2 Å². The number of ether oxygens (including phenoxy) is 1. The Kier molecular flexibility index (Phi) is 7.09. The number of fused-ring (bicyclic) bond motifs is 1. The summed E-state index contributed by atoms with van der Waals surface area (Å²) >= 11 is 0. The monoisotopic (exact) mass is 455 g/mol. The lowest BCUT2D eigenvalue weighted by Crippen LogP contribution is -2.36. The van der Waals surface area contributed by atoms with Crippen molar-refractivity contribution < 1.29 is 14.3 Å². The number of nitrogens with zero attached hydrogens (tertiary/aromatic N) is 2. The van der Waals surface area contributed by atoms with Crippen LogP contribution in [0.5, 0.6) is 5.75 Å². The fourth-order valence-electron chi connectivity index (χ4n) is 3.79. The maximum Gasteiger partial charge on any atom is 0.294 e. The summed E-state index contributed by atoms with van der Waals surface area (Å²) < 4.78 is 5.98. The highest BCUT2D eigenvalue weighted by Gasteiger charge is 2.30. The summed E-state index contributed by atoms with van der Waals surface area (Å²) in [4.78, 5) is 29.5. The number of likely N-dealkylation sites (N-methyl/N-ethyl adjacent to an activating group) is 1. The number of aryl methyl sites for hydroxylation is 1. The third-order valence-corrected chi connectivity index (χ3v) is 5.57. The van der Waals surface area contributed by atoms with Gasteiger partial charge in [-0.3, -0.25) is 14.5 Å². The second-order valence-electron chi connectivity index (χ2n) is 8.64. The van der Waals surface area contributed by atoms with Gasteiger partial charge in [0.15, 0.2) is 11.5 Å².